The first-order valence-corrected chi connectivity index (χ1v) is 16.2. The van der Waals surface area contributed by atoms with Gasteiger partial charge in [-0.1, -0.05) is 18.2 Å². The van der Waals surface area contributed by atoms with Gasteiger partial charge < -0.3 is 68.9 Å². The van der Waals surface area contributed by atoms with Crippen LogP contribution in [0, 0.1) is 0 Å². The number of esters is 1. The number of aliphatic hydroxyl groups is 5. The fraction of sp³-hybridized carbons (Fsp3) is 0.389. The van der Waals surface area contributed by atoms with Gasteiger partial charge in [0.2, 0.25) is 6.29 Å². The summed E-state index contributed by atoms with van der Waals surface area (Å²) < 4.78 is 39.0. The van der Waals surface area contributed by atoms with Gasteiger partial charge in [-0.2, -0.15) is 0 Å². The Morgan fingerprint density at radius 3 is 2.50 bits per heavy atom. The van der Waals surface area contributed by atoms with Crippen LogP contribution in [0.5, 0.6) is 28.7 Å². The van der Waals surface area contributed by atoms with Crippen LogP contribution < -0.4 is 14.2 Å². The van der Waals surface area contributed by atoms with Crippen LogP contribution >= 0.6 is 0 Å². The van der Waals surface area contributed by atoms with Gasteiger partial charge in [0.15, 0.2) is 35.3 Å². The molecule has 0 amide bonds. The second kappa shape index (κ2) is 15.4. The van der Waals surface area contributed by atoms with Crippen molar-refractivity contribution < 1.29 is 78.5 Å². The number of aromatic hydroxyl groups is 2. The molecular weight excluding hydrogens is 688 g/mol. The molecule has 7 N–H and O–H groups in total. The average molecular weight is 727 g/mol. The van der Waals surface area contributed by atoms with Crippen molar-refractivity contribution in [3.8, 4) is 28.7 Å². The summed E-state index contributed by atoms with van der Waals surface area (Å²) in [6.45, 7) is -1.93. The third-order valence-corrected chi connectivity index (χ3v) is 8.91. The number of hydrogen-bond donors (Lipinski definition) is 7. The zero-order chi connectivity index (χ0) is 37.2. The molecule has 6 rings (SSSR count). The van der Waals surface area contributed by atoms with Crippen molar-refractivity contribution in [2.24, 2.45) is 0 Å². The second-order valence-electron chi connectivity index (χ2n) is 12.5. The van der Waals surface area contributed by atoms with Gasteiger partial charge in [0.1, 0.15) is 54.4 Å². The summed E-state index contributed by atoms with van der Waals surface area (Å²) in [5.41, 5.74) is -0.631. The number of phenolic OH excluding ortho intramolecular Hbond substituents is 2. The predicted octanol–water partition coefficient (Wildman–Crippen LogP) is 0.721. The van der Waals surface area contributed by atoms with Crippen LogP contribution in [0.15, 0.2) is 66.7 Å². The molecule has 9 atom stereocenters. The summed E-state index contributed by atoms with van der Waals surface area (Å²) in [6.07, 6.45) is -9.20. The van der Waals surface area contributed by atoms with E-state index in [1.54, 1.807) is 12.1 Å². The maximum absolute atomic E-state index is 12.7. The monoisotopic (exact) mass is 726 g/mol. The highest BCUT2D eigenvalue weighted by Crippen LogP contribution is 2.38. The van der Waals surface area contributed by atoms with Crippen molar-refractivity contribution in [3.05, 3.63) is 83.4 Å². The van der Waals surface area contributed by atoms with Crippen LogP contribution in [0.25, 0.3) is 6.08 Å². The predicted molar refractivity (Wildman–Crippen MR) is 175 cm³/mol. The maximum atomic E-state index is 12.7. The molecule has 0 aromatic heterocycles. The summed E-state index contributed by atoms with van der Waals surface area (Å²) >= 11 is 0. The molecule has 3 heterocycles. The lowest BCUT2D eigenvalue weighted by Gasteiger charge is -2.42. The Hall–Kier alpha value is -4.78. The number of rotatable bonds is 11. The van der Waals surface area contributed by atoms with Gasteiger partial charge in [0, 0.05) is 12.1 Å². The number of phenols is 2. The standard InChI is InChI=1S/C36H38O16/c1-46-27-12-18(2-10-23(27)39)3-11-29(41)47-16-36(45)17-48-35(33(36)44)52-32-31(43)30(42)28(15-37)51-34(32)49-21-7-4-19(5-8-21)25-14-24(40)22-9-6-20(38)13-26(22)50-25/h2-13,25,28,30-35,37-39,42-45H,14-17H2,1H3/b11-3+/t25-,28-,30-,31+,32-,33-,34-,35-,36+/m1/s1. The van der Waals surface area contributed by atoms with Crippen molar-refractivity contribution in [1.29, 1.82) is 0 Å². The number of methoxy groups -OCH3 is 1. The lowest BCUT2D eigenvalue weighted by atomic mass is 9.96. The summed E-state index contributed by atoms with van der Waals surface area (Å²) in [4.78, 5) is 25.1. The number of benzene rings is 3. The van der Waals surface area contributed by atoms with Gasteiger partial charge in [-0.05, 0) is 53.6 Å². The van der Waals surface area contributed by atoms with E-state index in [2.05, 4.69) is 0 Å². The molecule has 0 bridgehead atoms. The van der Waals surface area contributed by atoms with E-state index < -0.39 is 80.6 Å². The van der Waals surface area contributed by atoms with Crippen LogP contribution in [0.1, 0.15) is 34.0 Å². The highest BCUT2D eigenvalue weighted by molar-refractivity contribution is 6.00. The first-order valence-electron chi connectivity index (χ1n) is 16.2. The Kier molecular flexibility index (Phi) is 11.0. The molecule has 2 fully saturated rings. The Morgan fingerprint density at radius 2 is 1.77 bits per heavy atom. The van der Waals surface area contributed by atoms with E-state index in [4.69, 9.17) is 33.2 Å². The maximum Gasteiger partial charge on any atom is 0.330 e. The number of carbonyl (C=O) groups excluding carboxylic acids is 2. The van der Waals surface area contributed by atoms with Gasteiger partial charge in [0.05, 0.1) is 32.3 Å². The minimum atomic E-state index is -2.13. The highest BCUT2D eigenvalue weighted by atomic mass is 16.8. The van der Waals surface area contributed by atoms with Gasteiger partial charge in [-0.3, -0.25) is 4.79 Å². The van der Waals surface area contributed by atoms with Crippen LogP contribution in [-0.4, -0.2) is 123 Å². The fourth-order valence-electron chi connectivity index (χ4n) is 5.95. The zero-order valence-electron chi connectivity index (χ0n) is 27.7. The van der Waals surface area contributed by atoms with Crippen molar-refractivity contribution in [2.45, 2.75) is 61.2 Å². The van der Waals surface area contributed by atoms with E-state index in [1.807, 2.05) is 0 Å². The zero-order valence-corrected chi connectivity index (χ0v) is 27.7. The summed E-state index contributed by atoms with van der Waals surface area (Å²) in [6, 6.07) is 15.0. The SMILES string of the molecule is COc1cc(/C=C/C(=O)OC[C@]2(O)CO[C@H](O[C@H]3[C@H](Oc4ccc([C@H]5CC(=O)c6ccc(O)cc6O5)cc4)O[C@H](CO)[C@@H](O)[C@@H]3O)[C@H]2O)ccc1O. The summed E-state index contributed by atoms with van der Waals surface area (Å²) in [5.74, 6) is -0.512. The number of hydrogen-bond acceptors (Lipinski definition) is 16. The highest BCUT2D eigenvalue weighted by Gasteiger charge is 2.54. The summed E-state index contributed by atoms with van der Waals surface area (Å²) in [5, 5.41) is 72.9. The van der Waals surface area contributed by atoms with Crippen LogP contribution in [0.3, 0.4) is 0 Å². The molecule has 0 radical (unpaired) electrons. The second-order valence-corrected chi connectivity index (χ2v) is 12.5. The molecule has 3 aromatic carbocycles. The molecule has 0 spiro atoms. The number of fused-ring (bicyclic) bond motifs is 1. The third-order valence-electron chi connectivity index (χ3n) is 8.91. The Labute approximate surface area is 296 Å². The number of Topliss-reactive ketones (excluding diaryl/α,β-unsaturated/α-hetero) is 1. The lowest BCUT2D eigenvalue weighted by molar-refractivity contribution is -0.318. The normalized spacial score (nSPS) is 30.1. The average Bonchev–Trinajstić information content (AvgIpc) is 3.42. The third kappa shape index (κ3) is 7.84. The number of carbonyl (C=O) groups is 2. The van der Waals surface area contributed by atoms with Gasteiger partial charge >= 0.3 is 5.97 Å². The van der Waals surface area contributed by atoms with Crippen molar-refractivity contribution in [2.75, 3.05) is 26.9 Å². The topological polar surface area (TPSA) is 240 Å². The van der Waals surface area contributed by atoms with E-state index in [9.17, 15) is 45.3 Å². The van der Waals surface area contributed by atoms with Crippen LogP contribution in [-0.2, 0) is 23.7 Å². The minimum Gasteiger partial charge on any atom is -0.508 e. The minimum absolute atomic E-state index is 0.0464. The number of ketones is 1. The van der Waals surface area contributed by atoms with E-state index in [0.29, 0.717) is 16.7 Å². The van der Waals surface area contributed by atoms with Crippen LogP contribution in [0.4, 0.5) is 0 Å². The Morgan fingerprint density at radius 1 is 1.00 bits per heavy atom. The molecule has 52 heavy (non-hydrogen) atoms. The lowest BCUT2D eigenvalue weighted by Crippen LogP contribution is -2.62. The largest absolute Gasteiger partial charge is 0.508 e. The molecule has 16 heteroatoms. The van der Waals surface area contributed by atoms with Gasteiger partial charge in [-0.25, -0.2) is 4.79 Å². The molecule has 16 nitrogen and oxygen atoms in total. The Balaban J connectivity index is 1.09. The summed E-state index contributed by atoms with van der Waals surface area (Å²) in [7, 11) is 1.37. The molecule has 2 saturated heterocycles. The molecule has 0 aliphatic carbocycles. The van der Waals surface area contributed by atoms with Crippen molar-refractivity contribution in [3.63, 3.8) is 0 Å². The number of aliphatic hydroxyl groups excluding tert-OH is 4. The molecular formula is C36H38O16. The smallest absolute Gasteiger partial charge is 0.330 e. The first-order chi connectivity index (χ1) is 24.9. The van der Waals surface area contributed by atoms with Crippen LogP contribution in [0.2, 0.25) is 0 Å². The molecule has 0 unspecified atom stereocenters. The quantitative estimate of drug-likeness (QED) is 0.106. The molecule has 0 saturated carbocycles. The first kappa shape index (κ1) is 37.0. The van der Waals surface area contributed by atoms with Crippen molar-refractivity contribution >= 4 is 17.8 Å². The van der Waals surface area contributed by atoms with E-state index in [-0.39, 0.29) is 41.0 Å². The number of ether oxygens (including phenoxy) is 7. The molecule has 3 aromatic rings. The fourth-order valence-corrected chi connectivity index (χ4v) is 5.95. The molecule has 3 aliphatic heterocycles. The molecule has 278 valence electrons. The van der Waals surface area contributed by atoms with Gasteiger partial charge in [-0.15, -0.1) is 0 Å². The van der Waals surface area contributed by atoms with E-state index >= 15 is 0 Å². The van der Waals surface area contributed by atoms with E-state index in [1.165, 1.54) is 61.7 Å². The Bertz CT molecular complexity index is 1780. The van der Waals surface area contributed by atoms with E-state index in [0.717, 1.165) is 6.08 Å². The van der Waals surface area contributed by atoms with Gasteiger partial charge in [0.25, 0.3) is 0 Å². The molecule has 3 aliphatic rings. The van der Waals surface area contributed by atoms with Crippen molar-refractivity contribution in [1.82, 2.24) is 0 Å².